The Bertz CT molecular complexity index is 858. The van der Waals surface area contributed by atoms with E-state index in [1.165, 1.54) is 10.8 Å². The number of hydrogen-bond acceptors (Lipinski definition) is 5. The van der Waals surface area contributed by atoms with Crippen molar-refractivity contribution in [2.45, 2.75) is 6.54 Å². The molecule has 6 nitrogen and oxygen atoms in total. The van der Waals surface area contributed by atoms with Gasteiger partial charge in [-0.2, -0.15) is 15.6 Å². The summed E-state index contributed by atoms with van der Waals surface area (Å²) in [7, 11) is 0. The molecule has 116 valence electrons. The van der Waals surface area contributed by atoms with Crippen LogP contribution < -0.4 is 5.73 Å². The van der Waals surface area contributed by atoms with E-state index in [1.807, 2.05) is 12.1 Å². The van der Waals surface area contributed by atoms with Gasteiger partial charge in [-0.25, -0.2) is 4.68 Å². The van der Waals surface area contributed by atoms with E-state index >= 15 is 0 Å². The summed E-state index contributed by atoms with van der Waals surface area (Å²) in [5, 5.41) is 32.4. The summed E-state index contributed by atoms with van der Waals surface area (Å²) >= 11 is 12.1. The zero-order valence-corrected chi connectivity index (χ0v) is 13.3. The molecule has 0 spiro atoms. The van der Waals surface area contributed by atoms with Gasteiger partial charge in [-0.15, -0.1) is 0 Å². The minimum absolute atomic E-state index is 0.0735. The third-order valence-electron chi connectivity index (χ3n) is 3.07. The van der Waals surface area contributed by atoms with Crippen LogP contribution in [0.2, 0.25) is 10.0 Å². The standard InChI is InChI=1S/C15H11Cl2N5O/c16-12-3-1-2-9(13(12)17)6-10(7-18)14-11(8-19)15(20)22(21-14)4-5-23/h1-3,6,23H,4-5,20H2/b10-6+. The fourth-order valence-corrected chi connectivity index (χ4v) is 2.34. The zero-order valence-electron chi connectivity index (χ0n) is 11.8. The van der Waals surface area contributed by atoms with Crippen LogP contribution in [-0.2, 0) is 6.54 Å². The van der Waals surface area contributed by atoms with Gasteiger partial charge in [0.25, 0.3) is 0 Å². The van der Waals surface area contributed by atoms with Crippen LogP contribution >= 0.6 is 23.2 Å². The maximum atomic E-state index is 9.41. The lowest BCUT2D eigenvalue weighted by molar-refractivity contribution is 0.270. The quantitative estimate of drug-likeness (QED) is 0.825. The van der Waals surface area contributed by atoms with Gasteiger partial charge in [0, 0.05) is 0 Å². The molecule has 23 heavy (non-hydrogen) atoms. The fraction of sp³-hybridized carbons (Fsp3) is 0.133. The molecule has 1 aromatic heterocycles. The number of nitrogens with zero attached hydrogens (tertiary/aromatic N) is 4. The van der Waals surface area contributed by atoms with Gasteiger partial charge in [-0.1, -0.05) is 35.3 Å². The molecule has 0 bridgehead atoms. The maximum Gasteiger partial charge on any atom is 0.140 e. The molecule has 2 aromatic rings. The fourth-order valence-electron chi connectivity index (χ4n) is 1.98. The van der Waals surface area contributed by atoms with Gasteiger partial charge in [-0.3, -0.25) is 0 Å². The molecule has 0 saturated carbocycles. The van der Waals surface area contributed by atoms with Crippen molar-refractivity contribution in [2.24, 2.45) is 0 Å². The SMILES string of the molecule is N#C/C(=C\c1cccc(Cl)c1Cl)c1nn(CCO)c(N)c1C#N. The first kappa shape index (κ1) is 16.9. The summed E-state index contributed by atoms with van der Waals surface area (Å²) in [6.07, 6.45) is 1.49. The van der Waals surface area contributed by atoms with Crippen molar-refractivity contribution in [3.63, 3.8) is 0 Å². The van der Waals surface area contributed by atoms with E-state index in [2.05, 4.69) is 5.10 Å². The van der Waals surface area contributed by atoms with Crippen LogP contribution in [0.15, 0.2) is 18.2 Å². The van der Waals surface area contributed by atoms with Crippen molar-refractivity contribution in [2.75, 3.05) is 12.3 Å². The molecule has 0 aliphatic carbocycles. The summed E-state index contributed by atoms with van der Waals surface area (Å²) in [6.45, 7) is -0.0704. The first-order chi connectivity index (χ1) is 11.0. The number of benzene rings is 1. The van der Waals surface area contributed by atoms with Crippen LogP contribution in [0, 0.1) is 22.7 Å². The molecule has 8 heteroatoms. The lowest BCUT2D eigenvalue weighted by atomic mass is 10.1. The summed E-state index contributed by atoms with van der Waals surface area (Å²) in [5.41, 5.74) is 6.68. The van der Waals surface area contributed by atoms with Gasteiger partial charge in [0.15, 0.2) is 0 Å². The average molecular weight is 348 g/mol. The van der Waals surface area contributed by atoms with Crippen molar-refractivity contribution in [3.05, 3.63) is 45.1 Å². The van der Waals surface area contributed by atoms with Crippen LogP contribution in [0.1, 0.15) is 16.8 Å². The number of nitrogens with two attached hydrogens (primary N) is 1. The van der Waals surface area contributed by atoms with E-state index in [1.54, 1.807) is 18.2 Å². The Morgan fingerprint density at radius 2 is 2.13 bits per heavy atom. The molecule has 0 atom stereocenters. The smallest absolute Gasteiger partial charge is 0.140 e. The Kier molecular flexibility index (Phi) is 5.25. The average Bonchev–Trinajstić information content (AvgIpc) is 2.85. The van der Waals surface area contributed by atoms with Crippen molar-refractivity contribution in [3.8, 4) is 12.1 Å². The summed E-state index contributed by atoms with van der Waals surface area (Å²) in [4.78, 5) is 0. The molecule has 2 rings (SSSR count). The second-order valence-corrected chi connectivity index (χ2v) is 5.27. The predicted molar refractivity (Wildman–Crippen MR) is 88.4 cm³/mol. The molecule has 0 saturated heterocycles. The minimum atomic E-state index is -0.193. The number of nitriles is 2. The highest BCUT2D eigenvalue weighted by Crippen LogP contribution is 2.30. The van der Waals surface area contributed by atoms with Crippen molar-refractivity contribution >= 4 is 40.7 Å². The summed E-state index contributed by atoms with van der Waals surface area (Å²) in [6, 6.07) is 8.92. The number of anilines is 1. The van der Waals surface area contributed by atoms with E-state index in [9.17, 15) is 10.5 Å². The Balaban J connectivity index is 2.61. The van der Waals surface area contributed by atoms with Crippen LogP contribution in [0.4, 0.5) is 5.82 Å². The Morgan fingerprint density at radius 3 is 2.74 bits per heavy atom. The van der Waals surface area contributed by atoms with Gasteiger partial charge < -0.3 is 10.8 Å². The van der Waals surface area contributed by atoms with Gasteiger partial charge in [-0.05, 0) is 17.7 Å². The molecule has 0 radical (unpaired) electrons. The Hall–Kier alpha value is -2.51. The minimum Gasteiger partial charge on any atom is -0.394 e. The van der Waals surface area contributed by atoms with Crippen molar-refractivity contribution in [1.82, 2.24) is 9.78 Å². The van der Waals surface area contributed by atoms with Crippen LogP contribution in [-0.4, -0.2) is 21.5 Å². The maximum absolute atomic E-state index is 9.41. The second kappa shape index (κ2) is 7.17. The molecule has 0 aliphatic heterocycles. The molecule has 1 aromatic carbocycles. The highest BCUT2D eigenvalue weighted by atomic mass is 35.5. The van der Waals surface area contributed by atoms with E-state index in [0.29, 0.717) is 15.6 Å². The lowest BCUT2D eigenvalue weighted by Gasteiger charge is -2.01. The van der Waals surface area contributed by atoms with Gasteiger partial charge in [0.1, 0.15) is 29.2 Å². The van der Waals surface area contributed by atoms with E-state index < -0.39 is 0 Å². The van der Waals surface area contributed by atoms with Gasteiger partial charge >= 0.3 is 0 Å². The largest absolute Gasteiger partial charge is 0.394 e. The molecular formula is C15H11Cl2N5O. The normalized spacial score (nSPS) is 11.1. The van der Waals surface area contributed by atoms with Gasteiger partial charge in [0.05, 0.1) is 28.8 Å². The first-order valence-electron chi connectivity index (χ1n) is 6.46. The molecular weight excluding hydrogens is 337 g/mol. The van der Waals surface area contributed by atoms with Crippen LogP contribution in [0.3, 0.4) is 0 Å². The number of nitrogen functional groups attached to an aromatic ring is 1. The number of halogens is 2. The molecule has 0 aliphatic rings. The summed E-state index contributed by atoms with van der Waals surface area (Å²) in [5.74, 6) is 0.0925. The van der Waals surface area contributed by atoms with E-state index in [-0.39, 0.29) is 35.8 Å². The Morgan fingerprint density at radius 1 is 1.39 bits per heavy atom. The molecule has 0 amide bonds. The monoisotopic (exact) mass is 347 g/mol. The molecule has 0 unspecified atom stereocenters. The van der Waals surface area contributed by atoms with E-state index in [0.717, 1.165) is 0 Å². The van der Waals surface area contributed by atoms with Crippen LogP contribution in [0.5, 0.6) is 0 Å². The van der Waals surface area contributed by atoms with Crippen LogP contribution in [0.25, 0.3) is 11.6 Å². The van der Waals surface area contributed by atoms with Crippen molar-refractivity contribution in [1.29, 1.82) is 10.5 Å². The third kappa shape index (κ3) is 3.30. The van der Waals surface area contributed by atoms with Crippen molar-refractivity contribution < 1.29 is 5.11 Å². The first-order valence-corrected chi connectivity index (χ1v) is 7.22. The van der Waals surface area contributed by atoms with E-state index in [4.69, 9.17) is 34.0 Å². The summed E-state index contributed by atoms with van der Waals surface area (Å²) < 4.78 is 1.28. The number of aliphatic hydroxyl groups excluding tert-OH is 1. The highest BCUT2D eigenvalue weighted by molar-refractivity contribution is 6.43. The number of hydrogen-bond donors (Lipinski definition) is 2. The lowest BCUT2D eigenvalue weighted by Crippen LogP contribution is -2.07. The van der Waals surface area contributed by atoms with Gasteiger partial charge in [0.2, 0.25) is 0 Å². The number of aliphatic hydroxyl groups is 1. The number of allylic oxidation sites excluding steroid dienone is 1. The topological polar surface area (TPSA) is 112 Å². The second-order valence-electron chi connectivity index (χ2n) is 4.48. The third-order valence-corrected chi connectivity index (χ3v) is 3.91. The Labute approximate surface area is 142 Å². The predicted octanol–water partition coefficient (Wildman–Crippen LogP) is 2.70. The molecule has 3 N–H and O–H groups in total. The molecule has 1 heterocycles. The zero-order chi connectivity index (χ0) is 17.0. The number of aromatic nitrogens is 2. The molecule has 0 fully saturated rings. The number of rotatable bonds is 4. The highest BCUT2D eigenvalue weighted by Gasteiger charge is 2.19.